The molecule has 0 aromatic heterocycles. The van der Waals surface area contributed by atoms with Crippen LogP contribution in [0.25, 0.3) is 0 Å². The summed E-state index contributed by atoms with van der Waals surface area (Å²) in [6.07, 6.45) is 11.1. The van der Waals surface area contributed by atoms with Crippen LogP contribution in [-0.4, -0.2) is 12.4 Å². The van der Waals surface area contributed by atoms with Gasteiger partial charge in [-0.05, 0) is 48.1 Å². The van der Waals surface area contributed by atoms with E-state index in [1.807, 2.05) is 12.1 Å². The van der Waals surface area contributed by atoms with Gasteiger partial charge in [0.25, 0.3) is 0 Å². The first kappa shape index (κ1) is 17.4. The maximum atomic E-state index is 8.75. The number of benzene rings is 2. The number of rotatable bonds is 7. The summed E-state index contributed by atoms with van der Waals surface area (Å²) < 4.78 is 0. The van der Waals surface area contributed by atoms with E-state index in [1.54, 1.807) is 24.6 Å². The van der Waals surface area contributed by atoms with Crippen molar-refractivity contribution in [3.8, 4) is 6.07 Å². The van der Waals surface area contributed by atoms with E-state index in [0.29, 0.717) is 5.56 Å². The zero-order valence-electron chi connectivity index (χ0n) is 13.9. The predicted molar refractivity (Wildman–Crippen MR) is 101 cm³/mol. The first-order valence-corrected chi connectivity index (χ1v) is 8.12. The molecule has 0 radical (unpaired) electrons. The third-order valence-electron chi connectivity index (χ3n) is 3.50. The summed E-state index contributed by atoms with van der Waals surface area (Å²) in [5.41, 5.74) is 3.91. The van der Waals surface area contributed by atoms with E-state index in [1.165, 1.54) is 5.56 Å². The third-order valence-corrected chi connectivity index (χ3v) is 3.50. The lowest BCUT2D eigenvalue weighted by Gasteiger charge is -1.99. The van der Waals surface area contributed by atoms with Crippen molar-refractivity contribution in [2.45, 2.75) is 26.2 Å². The summed E-state index contributed by atoms with van der Waals surface area (Å²) in [4.78, 5) is 0. The van der Waals surface area contributed by atoms with Gasteiger partial charge in [0.05, 0.1) is 24.1 Å². The van der Waals surface area contributed by atoms with E-state index in [4.69, 9.17) is 5.26 Å². The van der Waals surface area contributed by atoms with Crippen molar-refractivity contribution in [2.24, 2.45) is 10.2 Å². The number of hydrogen-bond acceptors (Lipinski definition) is 3. The summed E-state index contributed by atoms with van der Waals surface area (Å²) in [7, 11) is 0. The monoisotopic (exact) mass is 315 g/mol. The number of allylic oxidation sites excluding steroid dienone is 2. The van der Waals surface area contributed by atoms with E-state index in [9.17, 15) is 0 Å². The van der Waals surface area contributed by atoms with Gasteiger partial charge in [-0.15, -0.1) is 0 Å². The molecule has 0 bridgehead atoms. The van der Waals surface area contributed by atoms with Crippen LogP contribution in [0.4, 0.5) is 0 Å². The fraction of sp³-hybridized carbons (Fsp3) is 0.190. The molecule has 24 heavy (non-hydrogen) atoms. The largest absolute Gasteiger partial charge is 0.192 e. The zero-order valence-corrected chi connectivity index (χ0v) is 13.9. The summed E-state index contributed by atoms with van der Waals surface area (Å²) in [5, 5.41) is 16.9. The number of nitrogens with zero attached hydrogens (tertiary/aromatic N) is 3. The average molecular weight is 315 g/mol. The highest BCUT2D eigenvalue weighted by atomic mass is 15.2. The summed E-state index contributed by atoms with van der Waals surface area (Å²) >= 11 is 0. The second-order valence-electron chi connectivity index (χ2n) is 5.38. The van der Waals surface area contributed by atoms with E-state index >= 15 is 0 Å². The van der Waals surface area contributed by atoms with Gasteiger partial charge < -0.3 is 0 Å². The van der Waals surface area contributed by atoms with Crippen molar-refractivity contribution in [2.75, 3.05) is 0 Å². The Morgan fingerprint density at radius 2 is 1.46 bits per heavy atom. The summed E-state index contributed by atoms with van der Waals surface area (Å²) in [5.74, 6) is 0. The lowest BCUT2D eigenvalue weighted by Crippen LogP contribution is -1.86. The minimum atomic E-state index is 0.640. The highest BCUT2D eigenvalue weighted by Gasteiger charge is 1.92. The molecule has 3 heteroatoms. The maximum Gasteiger partial charge on any atom is 0.0991 e. The molecule has 0 atom stereocenters. The highest BCUT2D eigenvalue weighted by Crippen LogP contribution is 2.06. The minimum Gasteiger partial charge on any atom is -0.192 e. The third kappa shape index (κ3) is 6.02. The van der Waals surface area contributed by atoms with Crippen molar-refractivity contribution in [1.29, 1.82) is 5.26 Å². The van der Waals surface area contributed by atoms with Gasteiger partial charge in [0.15, 0.2) is 0 Å². The molecule has 0 spiro atoms. The fourth-order valence-electron chi connectivity index (χ4n) is 2.15. The van der Waals surface area contributed by atoms with E-state index in [0.717, 1.165) is 30.4 Å². The van der Waals surface area contributed by atoms with Crippen molar-refractivity contribution >= 4 is 12.4 Å². The topological polar surface area (TPSA) is 48.5 Å². The van der Waals surface area contributed by atoms with Crippen LogP contribution in [0.1, 0.15) is 42.0 Å². The molecule has 0 aliphatic rings. The highest BCUT2D eigenvalue weighted by molar-refractivity contribution is 5.82. The van der Waals surface area contributed by atoms with Gasteiger partial charge in [-0.2, -0.15) is 15.5 Å². The molecule has 0 amide bonds. The van der Waals surface area contributed by atoms with Gasteiger partial charge in [-0.3, -0.25) is 0 Å². The van der Waals surface area contributed by atoms with E-state index < -0.39 is 0 Å². The van der Waals surface area contributed by atoms with Crippen molar-refractivity contribution in [1.82, 2.24) is 0 Å². The number of hydrogen-bond donors (Lipinski definition) is 0. The lowest BCUT2D eigenvalue weighted by molar-refractivity contribution is 0.992. The molecular weight excluding hydrogens is 294 g/mol. The molecule has 0 saturated heterocycles. The van der Waals surface area contributed by atoms with E-state index in [2.05, 4.69) is 59.6 Å². The molecule has 0 heterocycles. The Bertz CT molecular complexity index is 745. The Balaban J connectivity index is 1.86. The Labute approximate surface area is 143 Å². The first-order chi connectivity index (χ1) is 11.8. The molecule has 0 aliphatic heterocycles. The molecule has 0 fully saturated rings. The second kappa shape index (κ2) is 9.91. The molecule has 0 saturated carbocycles. The van der Waals surface area contributed by atoms with Crippen LogP contribution in [0.5, 0.6) is 0 Å². The first-order valence-electron chi connectivity index (χ1n) is 8.12. The molecule has 3 nitrogen and oxygen atoms in total. The quantitative estimate of drug-likeness (QED) is 0.407. The normalized spacial score (nSPS) is 11.5. The van der Waals surface area contributed by atoms with Gasteiger partial charge in [-0.1, -0.05) is 55.5 Å². The Kier molecular flexibility index (Phi) is 7.17. The molecule has 0 N–H and O–H groups in total. The smallest absolute Gasteiger partial charge is 0.0991 e. The summed E-state index contributed by atoms with van der Waals surface area (Å²) in [6, 6.07) is 17.7. The van der Waals surface area contributed by atoms with Gasteiger partial charge in [0.2, 0.25) is 0 Å². The second-order valence-corrected chi connectivity index (χ2v) is 5.38. The van der Waals surface area contributed by atoms with Crippen LogP contribution in [0.3, 0.4) is 0 Å². The molecule has 0 unspecified atom stereocenters. The zero-order chi connectivity index (χ0) is 17.0. The number of nitriles is 1. The van der Waals surface area contributed by atoms with Crippen LogP contribution in [0.15, 0.2) is 70.9 Å². The number of aryl methyl sites for hydroxylation is 1. The molecular formula is C21H21N3. The minimum absolute atomic E-state index is 0.640. The molecule has 0 aliphatic carbocycles. The average Bonchev–Trinajstić information content (AvgIpc) is 2.64. The van der Waals surface area contributed by atoms with Crippen molar-refractivity contribution < 1.29 is 0 Å². The van der Waals surface area contributed by atoms with Crippen LogP contribution in [-0.2, 0) is 6.42 Å². The van der Waals surface area contributed by atoms with Gasteiger partial charge in [-0.25, -0.2) is 0 Å². The Morgan fingerprint density at radius 3 is 2.00 bits per heavy atom. The maximum absolute atomic E-state index is 8.75. The van der Waals surface area contributed by atoms with Gasteiger partial charge in [0, 0.05) is 0 Å². The lowest BCUT2D eigenvalue weighted by atomic mass is 10.1. The van der Waals surface area contributed by atoms with Gasteiger partial charge in [0.1, 0.15) is 0 Å². The Hall–Kier alpha value is -2.99. The van der Waals surface area contributed by atoms with Crippen molar-refractivity contribution in [3.63, 3.8) is 0 Å². The summed E-state index contributed by atoms with van der Waals surface area (Å²) in [6.45, 7) is 2.15. The molecule has 2 aromatic carbocycles. The Morgan fingerprint density at radius 1 is 0.875 bits per heavy atom. The molecule has 120 valence electrons. The fourth-order valence-corrected chi connectivity index (χ4v) is 2.15. The van der Waals surface area contributed by atoms with Crippen LogP contribution >= 0.6 is 0 Å². The van der Waals surface area contributed by atoms with Crippen LogP contribution < -0.4 is 0 Å². The van der Waals surface area contributed by atoms with Crippen molar-refractivity contribution in [3.05, 3.63) is 82.9 Å². The SMILES string of the molecule is CC/C=C/CCc1ccc(C=NN=Cc2ccc(C#N)cc2)cc1. The standard InChI is InChI=1S/C21H21N3/c1-2-3-4-5-6-18-7-11-20(12-8-18)16-23-24-17-21-13-9-19(15-22)10-14-21/h3-4,7-14,16-17H,2,5-6H2,1H3/b4-3+,23-16?,24-17?. The molecule has 2 rings (SSSR count). The molecule has 2 aromatic rings. The van der Waals surface area contributed by atoms with Crippen LogP contribution in [0.2, 0.25) is 0 Å². The van der Waals surface area contributed by atoms with Crippen LogP contribution in [0, 0.1) is 11.3 Å². The van der Waals surface area contributed by atoms with Gasteiger partial charge >= 0.3 is 0 Å². The predicted octanol–water partition coefficient (Wildman–Crippen LogP) is 4.91. The van der Waals surface area contributed by atoms with E-state index in [-0.39, 0.29) is 0 Å².